The maximum Gasteiger partial charge on any atom is 0.224 e. The molecule has 1 aromatic heterocycles. The number of piperidine rings is 1. The monoisotopic (exact) mass is 326 g/mol. The average Bonchev–Trinajstić information content (AvgIpc) is 3.09. The predicted molar refractivity (Wildman–Crippen MR) is 95.5 cm³/mol. The van der Waals surface area contributed by atoms with Crippen LogP contribution >= 0.6 is 0 Å². The summed E-state index contributed by atoms with van der Waals surface area (Å²) in [6, 6.07) is 9.67. The fraction of sp³-hybridized carbons (Fsp3) is 0.474. The second kappa shape index (κ2) is 8.64. The van der Waals surface area contributed by atoms with Gasteiger partial charge in [-0.05, 0) is 50.3 Å². The zero-order valence-electron chi connectivity index (χ0n) is 14.1. The molecule has 1 amide bonds. The number of anilines is 1. The highest BCUT2D eigenvalue weighted by molar-refractivity contribution is 5.90. The molecule has 24 heavy (non-hydrogen) atoms. The number of hydrogen-bond acceptors (Lipinski definition) is 3. The molecule has 2 aromatic rings. The first-order chi connectivity index (χ1) is 11.8. The minimum absolute atomic E-state index is 0.115. The number of para-hydroxylation sites is 1. The largest absolute Gasteiger partial charge is 0.348 e. The van der Waals surface area contributed by atoms with Gasteiger partial charge in [0.1, 0.15) is 5.82 Å². The highest BCUT2D eigenvalue weighted by Crippen LogP contribution is 2.22. The molecule has 0 radical (unpaired) electrons. The summed E-state index contributed by atoms with van der Waals surface area (Å²) in [6.45, 7) is 3.16. The molecular weight excluding hydrogens is 300 g/mol. The second-order valence-corrected chi connectivity index (χ2v) is 6.59. The third-order valence-electron chi connectivity index (χ3n) is 4.61. The number of H-pyrrole nitrogens is 1. The molecule has 2 N–H and O–H groups in total. The van der Waals surface area contributed by atoms with E-state index in [9.17, 15) is 4.79 Å². The van der Waals surface area contributed by atoms with Crippen molar-refractivity contribution in [3.05, 3.63) is 48.5 Å². The number of carbonyl (C=O) groups excluding carboxylic acids is 1. The number of rotatable bonds is 7. The Bertz CT molecular complexity index is 612. The van der Waals surface area contributed by atoms with E-state index < -0.39 is 0 Å². The van der Waals surface area contributed by atoms with Crippen LogP contribution in [0, 0.1) is 5.92 Å². The van der Waals surface area contributed by atoms with Crippen molar-refractivity contribution in [1.29, 1.82) is 0 Å². The third kappa shape index (κ3) is 5.20. The Labute approximate surface area is 143 Å². The highest BCUT2D eigenvalue weighted by atomic mass is 16.1. The first-order valence-corrected chi connectivity index (χ1v) is 8.85. The molecule has 0 spiro atoms. The van der Waals surface area contributed by atoms with Crippen LogP contribution in [0.5, 0.6) is 0 Å². The highest BCUT2D eigenvalue weighted by Gasteiger charge is 2.20. The van der Waals surface area contributed by atoms with E-state index in [1.54, 1.807) is 0 Å². The number of aromatic nitrogens is 2. The normalized spacial score (nSPS) is 18.4. The van der Waals surface area contributed by atoms with Gasteiger partial charge in [-0.3, -0.25) is 9.69 Å². The molecule has 1 aromatic carbocycles. The van der Waals surface area contributed by atoms with Crippen LogP contribution in [-0.4, -0.2) is 33.9 Å². The third-order valence-corrected chi connectivity index (χ3v) is 4.61. The van der Waals surface area contributed by atoms with Crippen molar-refractivity contribution in [3.8, 4) is 0 Å². The summed E-state index contributed by atoms with van der Waals surface area (Å²) in [5.41, 5.74) is 0.879. The molecule has 5 nitrogen and oxygen atoms in total. The Balaban J connectivity index is 1.36. The Kier molecular flexibility index (Phi) is 6.01. The van der Waals surface area contributed by atoms with Crippen LogP contribution in [0.2, 0.25) is 0 Å². The van der Waals surface area contributed by atoms with Gasteiger partial charge < -0.3 is 10.3 Å². The number of nitrogens with one attached hydrogen (secondary N) is 2. The van der Waals surface area contributed by atoms with Gasteiger partial charge in [-0.1, -0.05) is 18.2 Å². The van der Waals surface area contributed by atoms with E-state index in [2.05, 4.69) is 20.2 Å². The van der Waals surface area contributed by atoms with E-state index in [1.807, 2.05) is 42.7 Å². The van der Waals surface area contributed by atoms with Gasteiger partial charge in [0.05, 0.1) is 6.54 Å². The van der Waals surface area contributed by atoms with Crippen LogP contribution in [0.1, 0.15) is 37.9 Å². The molecular formula is C19H26N4O. The Hall–Kier alpha value is -2.14. The van der Waals surface area contributed by atoms with Crippen LogP contribution in [0.3, 0.4) is 0 Å². The molecule has 1 fully saturated rings. The lowest BCUT2D eigenvalue weighted by atomic mass is 9.92. The molecule has 3 rings (SSSR count). The summed E-state index contributed by atoms with van der Waals surface area (Å²) >= 11 is 0. The summed E-state index contributed by atoms with van der Waals surface area (Å²) in [7, 11) is 0. The van der Waals surface area contributed by atoms with Crippen molar-refractivity contribution in [2.75, 3.05) is 18.4 Å². The lowest BCUT2D eigenvalue weighted by Gasteiger charge is -2.32. The number of hydrogen-bond donors (Lipinski definition) is 2. The van der Waals surface area contributed by atoms with Gasteiger partial charge in [0.15, 0.2) is 0 Å². The van der Waals surface area contributed by atoms with Crippen LogP contribution in [0.15, 0.2) is 42.7 Å². The number of likely N-dealkylation sites (tertiary alicyclic amines) is 1. The lowest BCUT2D eigenvalue weighted by Crippen LogP contribution is -2.35. The molecule has 128 valence electrons. The fourth-order valence-electron chi connectivity index (χ4n) is 3.42. The van der Waals surface area contributed by atoms with E-state index in [1.165, 1.54) is 12.8 Å². The van der Waals surface area contributed by atoms with E-state index in [0.29, 0.717) is 12.3 Å². The van der Waals surface area contributed by atoms with Gasteiger partial charge in [0.25, 0.3) is 0 Å². The average molecular weight is 326 g/mol. The van der Waals surface area contributed by atoms with E-state index in [4.69, 9.17) is 0 Å². The summed E-state index contributed by atoms with van der Waals surface area (Å²) in [5.74, 6) is 1.85. The van der Waals surface area contributed by atoms with Crippen molar-refractivity contribution < 1.29 is 4.79 Å². The van der Waals surface area contributed by atoms with Crippen molar-refractivity contribution in [2.45, 2.75) is 38.6 Å². The summed E-state index contributed by atoms with van der Waals surface area (Å²) < 4.78 is 0. The molecule has 1 aliphatic heterocycles. The second-order valence-electron chi connectivity index (χ2n) is 6.59. The zero-order chi connectivity index (χ0) is 16.6. The van der Waals surface area contributed by atoms with Crippen molar-refractivity contribution >= 4 is 11.6 Å². The van der Waals surface area contributed by atoms with E-state index in [0.717, 1.165) is 44.0 Å². The molecule has 1 aliphatic rings. The lowest BCUT2D eigenvalue weighted by molar-refractivity contribution is -0.116. The topological polar surface area (TPSA) is 61.0 Å². The van der Waals surface area contributed by atoms with Gasteiger partial charge in [-0.2, -0.15) is 0 Å². The molecule has 5 heteroatoms. The Morgan fingerprint density at radius 2 is 2.21 bits per heavy atom. The predicted octanol–water partition coefficient (Wildman–Crippen LogP) is 3.43. The summed E-state index contributed by atoms with van der Waals surface area (Å²) in [5, 5.41) is 2.96. The Morgan fingerprint density at radius 1 is 1.33 bits per heavy atom. The molecule has 2 heterocycles. The number of benzene rings is 1. The van der Waals surface area contributed by atoms with E-state index in [-0.39, 0.29) is 5.91 Å². The smallest absolute Gasteiger partial charge is 0.224 e. The Morgan fingerprint density at radius 3 is 3.00 bits per heavy atom. The molecule has 0 bridgehead atoms. The molecule has 1 saturated heterocycles. The number of aromatic amines is 1. The van der Waals surface area contributed by atoms with Crippen molar-refractivity contribution in [3.63, 3.8) is 0 Å². The van der Waals surface area contributed by atoms with Crippen molar-refractivity contribution in [2.24, 2.45) is 5.92 Å². The van der Waals surface area contributed by atoms with Gasteiger partial charge in [0, 0.05) is 31.0 Å². The first-order valence-electron chi connectivity index (χ1n) is 8.85. The SMILES string of the molecule is O=C(CCCC1CCCN(Cc2ncc[nH]2)C1)Nc1ccccc1. The summed E-state index contributed by atoms with van der Waals surface area (Å²) in [6.07, 6.45) is 8.87. The minimum atomic E-state index is 0.115. The molecule has 1 unspecified atom stereocenters. The van der Waals surface area contributed by atoms with E-state index >= 15 is 0 Å². The number of nitrogens with zero attached hydrogens (tertiary/aromatic N) is 2. The maximum absolute atomic E-state index is 12.0. The van der Waals surface area contributed by atoms with Crippen LogP contribution in [-0.2, 0) is 11.3 Å². The molecule has 1 atom stereocenters. The van der Waals surface area contributed by atoms with Crippen LogP contribution in [0.4, 0.5) is 5.69 Å². The van der Waals surface area contributed by atoms with Crippen molar-refractivity contribution in [1.82, 2.24) is 14.9 Å². The quantitative estimate of drug-likeness (QED) is 0.819. The number of imidazole rings is 1. The fourth-order valence-corrected chi connectivity index (χ4v) is 3.42. The maximum atomic E-state index is 12.0. The van der Waals surface area contributed by atoms with Gasteiger partial charge in [-0.15, -0.1) is 0 Å². The minimum Gasteiger partial charge on any atom is -0.348 e. The number of amides is 1. The molecule has 0 saturated carbocycles. The number of carbonyl (C=O) groups is 1. The van der Waals surface area contributed by atoms with Crippen LogP contribution < -0.4 is 5.32 Å². The first kappa shape index (κ1) is 16.7. The van der Waals surface area contributed by atoms with Gasteiger partial charge in [0.2, 0.25) is 5.91 Å². The van der Waals surface area contributed by atoms with Gasteiger partial charge >= 0.3 is 0 Å². The standard InChI is InChI=1S/C19H26N4O/c24-19(22-17-8-2-1-3-9-17)10-4-6-16-7-5-13-23(14-16)15-18-20-11-12-21-18/h1-3,8-9,11-12,16H,4-7,10,13-15H2,(H,20,21)(H,22,24). The van der Waals surface area contributed by atoms with Gasteiger partial charge in [-0.25, -0.2) is 4.98 Å². The van der Waals surface area contributed by atoms with Crippen LogP contribution in [0.25, 0.3) is 0 Å². The summed E-state index contributed by atoms with van der Waals surface area (Å²) in [4.78, 5) is 22.0. The zero-order valence-corrected chi connectivity index (χ0v) is 14.1. The molecule has 0 aliphatic carbocycles.